The number of aromatic nitrogens is 3. The first-order valence-electron chi connectivity index (χ1n) is 14.3. The summed E-state index contributed by atoms with van der Waals surface area (Å²) in [5.74, 6) is -0.173. The van der Waals surface area contributed by atoms with Gasteiger partial charge in [-0.05, 0) is 50.1 Å². The number of piperazine rings is 1. The molecule has 0 bridgehead atoms. The van der Waals surface area contributed by atoms with Crippen molar-refractivity contribution in [3.63, 3.8) is 0 Å². The molecule has 1 saturated heterocycles. The van der Waals surface area contributed by atoms with Crippen LogP contribution in [0.1, 0.15) is 42.8 Å². The fourth-order valence-electron chi connectivity index (χ4n) is 6.12. The molecule has 0 saturated carbocycles. The second-order valence-electron chi connectivity index (χ2n) is 11.5. The van der Waals surface area contributed by atoms with E-state index >= 15 is 4.39 Å². The quantitative estimate of drug-likeness (QED) is 0.304. The smallest absolute Gasteiger partial charge is 0.178 e. The van der Waals surface area contributed by atoms with E-state index in [4.69, 9.17) is 4.98 Å². The van der Waals surface area contributed by atoms with Gasteiger partial charge in [0.15, 0.2) is 15.6 Å². The summed E-state index contributed by atoms with van der Waals surface area (Å²) in [6, 6.07) is 10.5. The van der Waals surface area contributed by atoms with E-state index in [0.717, 1.165) is 59.9 Å². The minimum absolute atomic E-state index is 0.0493. The van der Waals surface area contributed by atoms with Gasteiger partial charge in [-0.25, -0.2) is 22.8 Å². The Morgan fingerprint density at radius 3 is 2.62 bits per heavy atom. The number of hydrogen-bond donors (Lipinski definition) is 1. The molecule has 5 rings (SSSR count). The van der Waals surface area contributed by atoms with Crippen molar-refractivity contribution in [2.45, 2.75) is 57.0 Å². The predicted octanol–water partition coefficient (Wildman–Crippen LogP) is 4.59. The van der Waals surface area contributed by atoms with E-state index in [0.29, 0.717) is 24.0 Å². The Morgan fingerprint density at radius 2 is 1.90 bits per heavy atom. The summed E-state index contributed by atoms with van der Waals surface area (Å²) in [5, 5.41) is 0.944. The van der Waals surface area contributed by atoms with Crippen molar-refractivity contribution in [3.05, 3.63) is 77.1 Å². The Morgan fingerprint density at radius 1 is 1.17 bits per heavy atom. The fraction of sp³-hybridized carbons (Fsp3) is 0.406. The zero-order valence-corrected chi connectivity index (χ0v) is 25.6. The van der Waals surface area contributed by atoms with Crippen LogP contribution in [0.2, 0.25) is 0 Å². The number of rotatable bonds is 9. The maximum atomic E-state index is 15.0. The fourth-order valence-corrected chi connectivity index (χ4v) is 6.90. The number of nitrogens with one attached hydrogen (secondary N) is 1. The highest BCUT2D eigenvalue weighted by Gasteiger charge is 2.31. The van der Waals surface area contributed by atoms with Crippen molar-refractivity contribution in [1.29, 1.82) is 0 Å². The molecule has 2 atom stereocenters. The molecule has 8 nitrogen and oxygen atoms in total. The molecular formula is C32H38FN5O3S. The van der Waals surface area contributed by atoms with E-state index in [1.165, 1.54) is 12.1 Å². The summed E-state index contributed by atoms with van der Waals surface area (Å²) in [7, 11) is -1.58. The zero-order chi connectivity index (χ0) is 30.2. The number of aryl methyl sites for hydroxylation is 1. The molecular weight excluding hydrogens is 553 g/mol. The van der Waals surface area contributed by atoms with E-state index in [1.807, 2.05) is 31.3 Å². The number of carbonyl (C=O) groups excluding carboxylic acids is 1. The van der Waals surface area contributed by atoms with Crippen molar-refractivity contribution in [2.24, 2.45) is 0 Å². The van der Waals surface area contributed by atoms with E-state index in [-0.39, 0.29) is 28.7 Å². The topological polar surface area (TPSA) is 99.3 Å². The third-order valence-corrected chi connectivity index (χ3v) is 9.39. The molecule has 10 heteroatoms. The van der Waals surface area contributed by atoms with Gasteiger partial charge in [-0.3, -0.25) is 9.69 Å². The summed E-state index contributed by atoms with van der Waals surface area (Å²) in [5.41, 5.74) is 4.47. The SMILES string of the molecule is CC[C@@H](C(=O)Cc1cccc2c(-c3nc(Cc4cccc(S(C)(=O)=O)c4F)ncc3C)c[nH]c12)N1CCN(C)C[C@H]1C. The lowest BCUT2D eigenvalue weighted by atomic mass is 9.96. The van der Waals surface area contributed by atoms with Crippen molar-refractivity contribution < 1.29 is 17.6 Å². The second kappa shape index (κ2) is 12.0. The molecule has 0 unspecified atom stereocenters. The molecule has 1 fully saturated rings. The zero-order valence-electron chi connectivity index (χ0n) is 24.8. The van der Waals surface area contributed by atoms with Crippen LogP contribution in [0.25, 0.3) is 22.2 Å². The molecule has 0 amide bonds. The van der Waals surface area contributed by atoms with Crippen LogP contribution in [-0.4, -0.2) is 84.0 Å². The van der Waals surface area contributed by atoms with Crippen LogP contribution in [0.5, 0.6) is 0 Å². The molecule has 2 aromatic heterocycles. The molecule has 0 spiro atoms. The number of hydrogen-bond acceptors (Lipinski definition) is 7. The summed E-state index contributed by atoms with van der Waals surface area (Å²) >= 11 is 0. The molecule has 1 N–H and O–H groups in total. The largest absolute Gasteiger partial charge is 0.360 e. The number of para-hydroxylation sites is 1. The highest BCUT2D eigenvalue weighted by molar-refractivity contribution is 7.90. The summed E-state index contributed by atoms with van der Waals surface area (Å²) < 4.78 is 39.0. The summed E-state index contributed by atoms with van der Waals surface area (Å²) in [6.45, 7) is 8.99. The Labute approximate surface area is 246 Å². The van der Waals surface area contributed by atoms with Gasteiger partial charge >= 0.3 is 0 Å². The van der Waals surface area contributed by atoms with Crippen molar-refractivity contribution >= 4 is 26.5 Å². The van der Waals surface area contributed by atoms with Crippen molar-refractivity contribution in [1.82, 2.24) is 24.8 Å². The van der Waals surface area contributed by atoms with Crippen molar-refractivity contribution in [2.75, 3.05) is 32.9 Å². The summed E-state index contributed by atoms with van der Waals surface area (Å²) in [6.07, 6.45) is 5.74. The maximum absolute atomic E-state index is 15.0. The number of ketones is 1. The average Bonchev–Trinajstić information content (AvgIpc) is 3.37. The highest BCUT2D eigenvalue weighted by atomic mass is 32.2. The van der Waals surface area contributed by atoms with Crippen molar-refractivity contribution in [3.8, 4) is 11.3 Å². The molecule has 2 aromatic carbocycles. The molecule has 1 aliphatic heterocycles. The molecule has 4 aromatic rings. The number of carbonyl (C=O) groups is 1. The predicted molar refractivity (Wildman–Crippen MR) is 163 cm³/mol. The number of likely N-dealkylation sites (N-methyl/N-ethyl adjacent to an activating group) is 1. The first-order chi connectivity index (χ1) is 20.0. The maximum Gasteiger partial charge on any atom is 0.178 e. The van der Waals surface area contributed by atoms with Gasteiger partial charge in [0.25, 0.3) is 0 Å². The molecule has 0 aliphatic carbocycles. The number of H-pyrrole nitrogens is 1. The van der Waals surface area contributed by atoms with Gasteiger partial charge in [-0.15, -0.1) is 0 Å². The number of benzene rings is 2. The Balaban J connectivity index is 1.43. The first kappa shape index (κ1) is 30.0. The van der Waals surface area contributed by atoms with Crippen LogP contribution < -0.4 is 0 Å². The lowest BCUT2D eigenvalue weighted by Gasteiger charge is -2.42. The number of aromatic amines is 1. The Kier molecular flexibility index (Phi) is 8.59. The minimum Gasteiger partial charge on any atom is -0.360 e. The molecule has 42 heavy (non-hydrogen) atoms. The number of sulfone groups is 1. The van der Waals surface area contributed by atoms with Gasteiger partial charge in [0.1, 0.15) is 16.5 Å². The number of fused-ring (bicyclic) bond motifs is 1. The lowest BCUT2D eigenvalue weighted by Crippen LogP contribution is -2.56. The highest BCUT2D eigenvalue weighted by Crippen LogP contribution is 2.32. The normalized spacial score (nSPS) is 17.5. The van der Waals surface area contributed by atoms with Gasteiger partial charge < -0.3 is 9.88 Å². The minimum atomic E-state index is -3.70. The standard InChI is InChI=1S/C32H38FN5O3S/c1-6-26(38-14-13-37(4)19-21(38)3)27(39)15-23-10-7-11-24-25(18-35-32(23)24)31-20(2)17-34-29(36-31)16-22-9-8-12-28(30(22)33)42(5,40)41/h7-12,17-18,21,26,35H,6,13-16,19H2,1-5H3/t21-,26+/m1/s1. The van der Waals surface area contributed by atoms with Gasteiger partial charge in [-0.2, -0.15) is 0 Å². The van der Waals surface area contributed by atoms with Crippen LogP contribution >= 0.6 is 0 Å². The Hall–Kier alpha value is -3.47. The van der Waals surface area contributed by atoms with E-state index in [2.05, 4.69) is 40.7 Å². The Bertz CT molecular complexity index is 1740. The van der Waals surface area contributed by atoms with E-state index < -0.39 is 15.7 Å². The van der Waals surface area contributed by atoms with E-state index in [9.17, 15) is 13.2 Å². The monoisotopic (exact) mass is 591 g/mol. The third kappa shape index (κ3) is 6.02. The van der Waals surface area contributed by atoms with Crippen LogP contribution in [0, 0.1) is 12.7 Å². The number of halogens is 1. The summed E-state index contributed by atoms with van der Waals surface area (Å²) in [4.78, 5) is 30.5. The van der Waals surface area contributed by atoms with E-state index in [1.54, 1.807) is 12.3 Å². The lowest BCUT2D eigenvalue weighted by molar-refractivity contribution is -0.125. The van der Waals surface area contributed by atoms with Gasteiger partial charge in [0.2, 0.25) is 0 Å². The van der Waals surface area contributed by atoms with Crippen LogP contribution in [0.15, 0.2) is 53.7 Å². The van der Waals surface area contributed by atoms with Crippen LogP contribution in [0.3, 0.4) is 0 Å². The third-order valence-electron chi connectivity index (χ3n) is 8.28. The van der Waals surface area contributed by atoms with Crippen LogP contribution in [-0.2, 0) is 27.5 Å². The second-order valence-corrected chi connectivity index (χ2v) is 13.4. The van der Waals surface area contributed by atoms with Gasteiger partial charge in [-0.1, -0.05) is 37.3 Å². The average molecular weight is 592 g/mol. The molecule has 3 heterocycles. The molecule has 222 valence electrons. The van der Waals surface area contributed by atoms with Gasteiger partial charge in [0.05, 0.1) is 11.7 Å². The number of Topliss-reactive ketones (excluding diaryl/α,β-unsaturated/α-hetero) is 1. The van der Waals surface area contributed by atoms with Crippen LogP contribution in [0.4, 0.5) is 4.39 Å². The molecule has 0 radical (unpaired) electrons. The molecule has 1 aliphatic rings. The first-order valence-corrected chi connectivity index (χ1v) is 16.2. The van der Waals surface area contributed by atoms with Gasteiger partial charge in [0, 0.05) is 73.6 Å². The number of nitrogens with zero attached hydrogens (tertiary/aromatic N) is 4.